The second kappa shape index (κ2) is 6.22. The van der Waals surface area contributed by atoms with Gasteiger partial charge in [0.05, 0.1) is 4.90 Å². The van der Waals surface area contributed by atoms with Crippen LogP contribution in [0.4, 0.5) is 0 Å². The number of aryl methyl sites for hydroxylation is 1. The molecule has 1 aliphatic rings. The Labute approximate surface area is 136 Å². The van der Waals surface area contributed by atoms with E-state index in [0.29, 0.717) is 24.7 Å². The maximum atomic E-state index is 12.6. The van der Waals surface area contributed by atoms with Gasteiger partial charge < -0.3 is 9.47 Å². The lowest BCUT2D eigenvalue weighted by Gasteiger charge is -2.20. The topological polar surface area (TPSA) is 64.6 Å². The Morgan fingerprint density at radius 3 is 2.48 bits per heavy atom. The van der Waals surface area contributed by atoms with Crippen LogP contribution in [0.1, 0.15) is 24.1 Å². The van der Waals surface area contributed by atoms with Crippen molar-refractivity contribution in [2.45, 2.75) is 24.8 Å². The number of benzene rings is 2. The molecule has 5 nitrogen and oxygen atoms in total. The summed E-state index contributed by atoms with van der Waals surface area (Å²) in [7, 11) is -3.64. The van der Waals surface area contributed by atoms with Crippen LogP contribution in [-0.4, -0.2) is 21.6 Å². The number of sulfonamides is 1. The van der Waals surface area contributed by atoms with E-state index in [1.54, 1.807) is 6.07 Å². The number of ether oxygens (including phenoxy) is 2. The molecule has 0 fully saturated rings. The predicted molar refractivity (Wildman–Crippen MR) is 87.3 cm³/mol. The van der Waals surface area contributed by atoms with Crippen molar-refractivity contribution in [3.05, 3.63) is 53.6 Å². The van der Waals surface area contributed by atoms with E-state index in [0.717, 1.165) is 11.1 Å². The molecule has 0 aromatic heterocycles. The minimum atomic E-state index is -3.64. The molecule has 0 radical (unpaired) electrons. The minimum absolute atomic E-state index is 0.169. The van der Waals surface area contributed by atoms with E-state index < -0.39 is 10.0 Å². The van der Waals surface area contributed by atoms with E-state index in [2.05, 4.69) is 4.72 Å². The highest BCUT2D eigenvalue weighted by Gasteiger charge is 2.22. The van der Waals surface area contributed by atoms with E-state index in [9.17, 15) is 8.42 Å². The van der Waals surface area contributed by atoms with E-state index in [-0.39, 0.29) is 10.9 Å². The Bertz CT molecular complexity index is 817. The molecule has 3 rings (SSSR count). The van der Waals surface area contributed by atoms with E-state index in [1.807, 2.05) is 38.1 Å². The van der Waals surface area contributed by atoms with Crippen molar-refractivity contribution >= 4 is 10.0 Å². The SMILES string of the molecule is Cc1ccccc1[C@H](C)NS(=O)(=O)c1ccc2c(c1)OCCO2. The van der Waals surface area contributed by atoms with Crippen LogP contribution in [0.2, 0.25) is 0 Å². The molecule has 1 atom stereocenters. The van der Waals surface area contributed by atoms with Crippen LogP contribution >= 0.6 is 0 Å². The summed E-state index contributed by atoms with van der Waals surface area (Å²) in [4.78, 5) is 0.169. The van der Waals surface area contributed by atoms with Gasteiger partial charge in [0.25, 0.3) is 0 Å². The highest BCUT2D eigenvalue weighted by molar-refractivity contribution is 7.89. The molecule has 122 valence electrons. The normalized spacial score (nSPS) is 15.2. The first kappa shape index (κ1) is 15.8. The van der Waals surface area contributed by atoms with Crippen molar-refractivity contribution in [1.82, 2.24) is 4.72 Å². The zero-order valence-electron chi connectivity index (χ0n) is 13.1. The van der Waals surface area contributed by atoms with Gasteiger partial charge in [0.15, 0.2) is 11.5 Å². The molecule has 0 saturated heterocycles. The van der Waals surface area contributed by atoms with Crippen molar-refractivity contribution < 1.29 is 17.9 Å². The Balaban J connectivity index is 1.86. The van der Waals surface area contributed by atoms with Gasteiger partial charge in [0.1, 0.15) is 13.2 Å². The lowest BCUT2D eigenvalue weighted by Crippen LogP contribution is -2.27. The molecule has 23 heavy (non-hydrogen) atoms. The van der Waals surface area contributed by atoms with Crippen LogP contribution in [-0.2, 0) is 10.0 Å². The second-order valence-corrected chi connectivity index (χ2v) is 7.22. The number of hydrogen-bond donors (Lipinski definition) is 1. The highest BCUT2D eigenvalue weighted by atomic mass is 32.2. The van der Waals surface area contributed by atoms with Crippen molar-refractivity contribution in [3.63, 3.8) is 0 Å². The minimum Gasteiger partial charge on any atom is -0.486 e. The van der Waals surface area contributed by atoms with Crippen molar-refractivity contribution in [2.24, 2.45) is 0 Å². The molecule has 0 amide bonds. The van der Waals surface area contributed by atoms with E-state index >= 15 is 0 Å². The standard InChI is InChI=1S/C17H19NO4S/c1-12-5-3-4-6-15(12)13(2)18-23(19,20)14-7-8-16-17(11-14)22-10-9-21-16/h3-8,11,13,18H,9-10H2,1-2H3/t13-/m0/s1. The summed E-state index contributed by atoms with van der Waals surface area (Å²) in [5, 5.41) is 0. The molecule has 2 aromatic rings. The predicted octanol–water partition coefficient (Wildman–Crippen LogP) is 2.81. The zero-order chi connectivity index (χ0) is 16.4. The summed E-state index contributed by atoms with van der Waals surface area (Å²) in [5.74, 6) is 1.03. The summed E-state index contributed by atoms with van der Waals surface area (Å²) in [6.45, 7) is 4.69. The number of rotatable bonds is 4. The Kier molecular flexibility index (Phi) is 4.28. The van der Waals surface area contributed by atoms with Crippen molar-refractivity contribution in [1.29, 1.82) is 0 Å². The Hall–Kier alpha value is -2.05. The van der Waals surface area contributed by atoms with Crippen LogP contribution in [0.3, 0.4) is 0 Å². The first-order chi connectivity index (χ1) is 11.0. The van der Waals surface area contributed by atoms with E-state index in [1.165, 1.54) is 12.1 Å². The molecule has 0 aliphatic carbocycles. The average Bonchev–Trinajstić information content (AvgIpc) is 2.54. The summed E-state index contributed by atoms with van der Waals surface area (Å²) in [6, 6.07) is 12.0. The van der Waals surface area contributed by atoms with Crippen LogP contribution in [0.5, 0.6) is 11.5 Å². The molecule has 1 aliphatic heterocycles. The van der Waals surface area contributed by atoms with Crippen LogP contribution < -0.4 is 14.2 Å². The molecule has 0 bridgehead atoms. The molecule has 2 aromatic carbocycles. The van der Waals surface area contributed by atoms with Gasteiger partial charge in [0.2, 0.25) is 10.0 Å². The maximum absolute atomic E-state index is 12.6. The summed E-state index contributed by atoms with van der Waals surface area (Å²) >= 11 is 0. The lowest BCUT2D eigenvalue weighted by molar-refractivity contribution is 0.171. The van der Waals surface area contributed by atoms with Gasteiger partial charge in [-0.2, -0.15) is 0 Å². The molecular formula is C17H19NO4S. The lowest BCUT2D eigenvalue weighted by atomic mass is 10.0. The van der Waals surface area contributed by atoms with Crippen LogP contribution in [0, 0.1) is 6.92 Å². The van der Waals surface area contributed by atoms with Crippen LogP contribution in [0.25, 0.3) is 0 Å². The fourth-order valence-corrected chi connectivity index (χ4v) is 3.87. The quantitative estimate of drug-likeness (QED) is 0.934. The van der Waals surface area contributed by atoms with Gasteiger partial charge >= 0.3 is 0 Å². The van der Waals surface area contributed by atoms with Crippen molar-refractivity contribution in [2.75, 3.05) is 13.2 Å². The Morgan fingerprint density at radius 1 is 1.04 bits per heavy atom. The number of fused-ring (bicyclic) bond motifs is 1. The molecule has 6 heteroatoms. The monoisotopic (exact) mass is 333 g/mol. The molecule has 0 saturated carbocycles. The van der Waals surface area contributed by atoms with Gasteiger partial charge in [-0.1, -0.05) is 24.3 Å². The van der Waals surface area contributed by atoms with Gasteiger partial charge in [0, 0.05) is 12.1 Å². The summed E-state index contributed by atoms with van der Waals surface area (Å²) < 4.78 is 38.8. The molecule has 0 spiro atoms. The molecule has 0 unspecified atom stereocenters. The average molecular weight is 333 g/mol. The van der Waals surface area contributed by atoms with Crippen LogP contribution in [0.15, 0.2) is 47.4 Å². The largest absolute Gasteiger partial charge is 0.486 e. The van der Waals surface area contributed by atoms with Gasteiger partial charge in [-0.3, -0.25) is 0 Å². The summed E-state index contributed by atoms with van der Waals surface area (Å²) in [6.07, 6.45) is 0. The van der Waals surface area contributed by atoms with Gasteiger partial charge in [-0.05, 0) is 37.1 Å². The number of nitrogens with one attached hydrogen (secondary N) is 1. The smallest absolute Gasteiger partial charge is 0.241 e. The zero-order valence-corrected chi connectivity index (χ0v) is 13.9. The third kappa shape index (κ3) is 3.33. The fraction of sp³-hybridized carbons (Fsp3) is 0.294. The first-order valence-corrected chi connectivity index (χ1v) is 8.93. The molecule has 1 N–H and O–H groups in total. The first-order valence-electron chi connectivity index (χ1n) is 7.45. The van der Waals surface area contributed by atoms with Crippen molar-refractivity contribution in [3.8, 4) is 11.5 Å². The fourth-order valence-electron chi connectivity index (χ4n) is 2.63. The third-order valence-corrected chi connectivity index (χ3v) is 5.35. The maximum Gasteiger partial charge on any atom is 0.241 e. The molecule has 1 heterocycles. The Morgan fingerprint density at radius 2 is 1.74 bits per heavy atom. The summed E-state index contributed by atoms with van der Waals surface area (Å²) in [5.41, 5.74) is 2.00. The molecular weight excluding hydrogens is 314 g/mol. The third-order valence-electron chi connectivity index (χ3n) is 3.81. The second-order valence-electron chi connectivity index (χ2n) is 5.51. The van der Waals surface area contributed by atoms with Gasteiger partial charge in [-0.15, -0.1) is 0 Å². The highest BCUT2D eigenvalue weighted by Crippen LogP contribution is 2.32. The van der Waals surface area contributed by atoms with Gasteiger partial charge in [-0.25, -0.2) is 13.1 Å². The number of hydrogen-bond acceptors (Lipinski definition) is 4. The van der Waals surface area contributed by atoms with E-state index in [4.69, 9.17) is 9.47 Å².